The molecule has 0 fully saturated rings. The highest BCUT2D eigenvalue weighted by Crippen LogP contribution is 2.53. The zero-order valence-electron chi connectivity index (χ0n) is 45.1. The van der Waals surface area contributed by atoms with Crippen LogP contribution in [0.3, 0.4) is 0 Å². The van der Waals surface area contributed by atoms with Crippen LogP contribution < -0.4 is 0 Å². The summed E-state index contributed by atoms with van der Waals surface area (Å²) >= 11 is 0. The van der Waals surface area contributed by atoms with Gasteiger partial charge in [0.2, 0.25) is 0 Å². The van der Waals surface area contributed by atoms with Gasteiger partial charge in [-0.1, -0.05) is 137 Å². The molecular formula is C68H70N2. The van der Waals surface area contributed by atoms with Crippen LogP contribution in [0.15, 0.2) is 97.1 Å². The summed E-state index contributed by atoms with van der Waals surface area (Å²) in [6.07, 6.45) is 0. The molecule has 0 amide bonds. The molecule has 0 bridgehead atoms. The van der Waals surface area contributed by atoms with Gasteiger partial charge in [-0.15, -0.1) is 0 Å². The number of hydrogen-bond donors (Lipinski definition) is 0. The maximum atomic E-state index is 2.65. The van der Waals surface area contributed by atoms with Crippen molar-refractivity contribution in [1.29, 1.82) is 0 Å². The molecule has 0 spiro atoms. The van der Waals surface area contributed by atoms with Crippen LogP contribution in [0.4, 0.5) is 0 Å². The van der Waals surface area contributed by atoms with Crippen LogP contribution in [0.25, 0.3) is 119 Å². The maximum absolute atomic E-state index is 2.65. The van der Waals surface area contributed by atoms with E-state index in [0.29, 0.717) is 0 Å². The molecule has 352 valence electrons. The average Bonchev–Trinajstić information content (AvgIpc) is 3.98. The molecule has 70 heavy (non-hydrogen) atoms. The summed E-state index contributed by atoms with van der Waals surface area (Å²) in [5, 5.41) is 21.8. The molecule has 0 atom stereocenters. The predicted octanol–water partition coefficient (Wildman–Crippen LogP) is 19.8. The molecular weight excluding hydrogens is 845 g/mol. The van der Waals surface area contributed by atoms with Gasteiger partial charge >= 0.3 is 0 Å². The summed E-state index contributed by atoms with van der Waals surface area (Å²) in [6.45, 7) is 42.7. The molecule has 0 radical (unpaired) electrons. The van der Waals surface area contributed by atoms with Crippen LogP contribution in [0, 0.1) is 0 Å². The van der Waals surface area contributed by atoms with E-state index in [1.807, 2.05) is 0 Å². The summed E-state index contributed by atoms with van der Waals surface area (Å²) in [7, 11) is 0. The Morgan fingerprint density at radius 3 is 0.786 bits per heavy atom. The molecule has 2 heteroatoms. The van der Waals surface area contributed by atoms with Crippen molar-refractivity contribution in [3.63, 3.8) is 0 Å². The molecule has 4 heterocycles. The fourth-order valence-electron chi connectivity index (χ4n) is 12.7. The number of rotatable bonds is 0. The smallest absolute Gasteiger partial charge is 0.0620 e. The number of aromatic nitrogens is 2. The lowest BCUT2D eigenvalue weighted by Crippen LogP contribution is -2.12. The molecule has 0 N–H and O–H groups in total. The Labute approximate surface area is 413 Å². The van der Waals surface area contributed by atoms with Crippen molar-refractivity contribution < 1.29 is 0 Å². The second-order valence-corrected chi connectivity index (χ2v) is 28.0. The zero-order chi connectivity index (χ0) is 49.6. The zero-order valence-corrected chi connectivity index (χ0v) is 45.1. The van der Waals surface area contributed by atoms with E-state index in [9.17, 15) is 0 Å². The SMILES string of the molecule is CC(C)(C)c1cc2c3cc(C(C)(C)C)cc4c3c(cc3c4c4cc(C(C)(C)C)cc5c6cc(C(C)(C)C)ccc6n3c54)c3cc4c(c(c1)c23)c1cc(C(C)(C)C)cc2c3cc(C(C)(C)C)ccc3n4c21. The Balaban J connectivity index is 1.33. The summed E-state index contributed by atoms with van der Waals surface area (Å²) in [4.78, 5) is 0. The topological polar surface area (TPSA) is 8.82 Å². The largest absolute Gasteiger partial charge is 0.308 e. The molecule has 0 unspecified atom stereocenters. The van der Waals surface area contributed by atoms with Gasteiger partial charge in [-0.25, -0.2) is 0 Å². The minimum Gasteiger partial charge on any atom is -0.308 e. The third-order valence-corrected chi connectivity index (χ3v) is 16.9. The highest BCUT2D eigenvalue weighted by molar-refractivity contribution is 6.43. The van der Waals surface area contributed by atoms with E-state index in [1.165, 1.54) is 153 Å². The van der Waals surface area contributed by atoms with Gasteiger partial charge < -0.3 is 8.80 Å². The molecule has 0 aliphatic carbocycles. The Morgan fingerprint density at radius 2 is 0.471 bits per heavy atom. The van der Waals surface area contributed by atoms with Gasteiger partial charge in [0.05, 0.1) is 33.1 Å². The lowest BCUT2D eigenvalue weighted by atomic mass is 9.78. The molecule has 0 saturated carbocycles. The van der Waals surface area contributed by atoms with E-state index in [4.69, 9.17) is 0 Å². The number of benzene rings is 9. The second kappa shape index (κ2) is 13.0. The Kier molecular flexibility index (Phi) is 8.17. The van der Waals surface area contributed by atoms with E-state index < -0.39 is 0 Å². The molecule has 13 aromatic rings. The van der Waals surface area contributed by atoms with Gasteiger partial charge in [-0.2, -0.15) is 0 Å². The van der Waals surface area contributed by atoms with Crippen molar-refractivity contribution in [2.45, 2.75) is 157 Å². The first-order valence-corrected chi connectivity index (χ1v) is 26.1. The van der Waals surface area contributed by atoms with Gasteiger partial charge in [0, 0.05) is 43.1 Å². The molecule has 0 aliphatic rings. The number of nitrogens with zero attached hydrogens (tertiary/aromatic N) is 2. The van der Waals surface area contributed by atoms with Gasteiger partial charge in [0.25, 0.3) is 0 Å². The number of fused-ring (bicyclic) bond motifs is 16. The summed E-state index contributed by atoms with van der Waals surface area (Å²) in [5.74, 6) is 0. The van der Waals surface area contributed by atoms with Gasteiger partial charge in [-0.3, -0.25) is 0 Å². The van der Waals surface area contributed by atoms with Crippen LogP contribution in [-0.2, 0) is 32.5 Å². The highest BCUT2D eigenvalue weighted by atomic mass is 14.9. The minimum absolute atomic E-state index is 0.0294. The maximum Gasteiger partial charge on any atom is 0.0620 e. The van der Waals surface area contributed by atoms with Gasteiger partial charge in [0.15, 0.2) is 0 Å². The third-order valence-electron chi connectivity index (χ3n) is 16.9. The van der Waals surface area contributed by atoms with Crippen molar-refractivity contribution in [2.24, 2.45) is 0 Å². The molecule has 9 aromatic carbocycles. The fraction of sp³-hybridized carbons (Fsp3) is 0.353. The first kappa shape index (κ1) is 43.9. The van der Waals surface area contributed by atoms with E-state index in [1.54, 1.807) is 0 Å². The first-order valence-electron chi connectivity index (χ1n) is 26.1. The van der Waals surface area contributed by atoms with E-state index in [-0.39, 0.29) is 32.5 Å². The minimum atomic E-state index is -0.0739. The summed E-state index contributed by atoms with van der Waals surface area (Å²) in [6, 6.07) is 40.3. The first-order chi connectivity index (χ1) is 32.5. The molecule has 4 aromatic heterocycles. The van der Waals surface area contributed by atoms with Crippen LogP contribution in [0.5, 0.6) is 0 Å². The molecule has 2 nitrogen and oxygen atoms in total. The lowest BCUT2D eigenvalue weighted by Gasteiger charge is -2.25. The number of hydrogen-bond acceptors (Lipinski definition) is 0. The predicted molar refractivity (Wildman–Crippen MR) is 309 cm³/mol. The second-order valence-electron chi connectivity index (χ2n) is 28.0. The average molecular weight is 915 g/mol. The third kappa shape index (κ3) is 5.74. The van der Waals surface area contributed by atoms with Crippen molar-refractivity contribution in [3.05, 3.63) is 130 Å². The Morgan fingerprint density at radius 1 is 0.214 bits per heavy atom. The van der Waals surface area contributed by atoms with Crippen LogP contribution in [0.2, 0.25) is 0 Å². The molecule has 13 rings (SSSR count). The lowest BCUT2D eigenvalue weighted by molar-refractivity contribution is 0.590. The molecule has 0 aliphatic heterocycles. The van der Waals surface area contributed by atoms with Crippen molar-refractivity contribution >= 4 is 119 Å². The monoisotopic (exact) mass is 915 g/mol. The molecule has 0 saturated heterocycles. The Bertz CT molecular complexity index is 4130. The highest BCUT2D eigenvalue weighted by Gasteiger charge is 2.31. The normalized spacial score (nSPS) is 14.4. The Hall–Kier alpha value is -6.12. The van der Waals surface area contributed by atoms with Crippen LogP contribution >= 0.6 is 0 Å². The van der Waals surface area contributed by atoms with E-state index in [2.05, 4.69) is 230 Å². The van der Waals surface area contributed by atoms with Crippen LogP contribution in [0.1, 0.15) is 158 Å². The van der Waals surface area contributed by atoms with Gasteiger partial charge in [-0.05, 0) is 194 Å². The summed E-state index contributed by atoms with van der Waals surface area (Å²) in [5.41, 5.74) is 16.0. The summed E-state index contributed by atoms with van der Waals surface area (Å²) < 4.78 is 5.30. The fourth-order valence-corrected chi connectivity index (χ4v) is 12.7. The quantitative estimate of drug-likeness (QED) is 0.106. The van der Waals surface area contributed by atoms with Crippen molar-refractivity contribution in [1.82, 2.24) is 8.80 Å². The van der Waals surface area contributed by atoms with E-state index in [0.717, 1.165) is 0 Å². The van der Waals surface area contributed by atoms with Crippen molar-refractivity contribution in [3.8, 4) is 0 Å². The van der Waals surface area contributed by atoms with Crippen LogP contribution in [-0.4, -0.2) is 8.80 Å². The standard InChI is InChI=1S/C68H70N2/c1-63(2,3)35-19-21-53-41(23-35)47-27-39(67(13,14)15)31-51-59-49-29-37(65(7,8)9)25-43-44-26-38(66(10,11)12)30-50-58(44)46(45(57(43)49)33-55(59)69(53)61(47)51)34-56-60(50)52-32-40(68(16,17)18)28-48-42-24-36(64(4,5)6)20-22-54(42)70(56)62(48)52/h19-34H,1-18H3. The van der Waals surface area contributed by atoms with Crippen molar-refractivity contribution in [2.75, 3.05) is 0 Å². The van der Waals surface area contributed by atoms with Gasteiger partial charge in [0.1, 0.15) is 0 Å². The van der Waals surface area contributed by atoms with E-state index >= 15 is 0 Å².